The van der Waals surface area contributed by atoms with Gasteiger partial charge in [0.25, 0.3) is 0 Å². The molecule has 0 heterocycles. The fourth-order valence-electron chi connectivity index (χ4n) is 2.09. The SMILES string of the molecule is CCC(C)(C)c1cc(C(C)(C)C)cc(C(C)(C)C)c1. The molecule has 0 N–H and O–H groups in total. The normalized spacial score (nSPS) is 13.7. The molecule has 1 aromatic rings. The molecule has 19 heavy (non-hydrogen) atoms. The van der Waals surface area contributed by atoms with E-state index in [9.17, 15) is 0 Å². The number of rotatable bonds is 2. The summed E-state index contributed by atoms with van der Waals surface area (Å²) in [4.78, 5) is 0. The van der Waals surface area contributed by atoms with E-state index in [1.54, 1.807) is 0 Å². The molecule has 0 aliphatic rings. The largest absolute Gasteiger partial charge is 0.0646 e. The quantitative estimate of drug-likeness (QED) is 0.614. The van der Waals surface area contributed by atoms with Crippen LogP contribution in [0.1, 0.15) is 85.4 Å². The van der Waals surface area contributed by atoms with Crippen LogP contribution >= 0.6 is 0 Å². The molecule has 0 fully saturated rings. The minimum Gasteiger partial charge on any atom is -0.0646 e. The summed E-state index contributed by atoms with van der Waals surface area (Å²) >= 11 is 0. The van der Waals surface area contributed by atoms with Gasteiger partial charge in [-0.05, 0) is 39.4 Å². The van der Waals surface area contributed by atoms with E-state index >= 15 is 0 Å². The Hall–Kier alpha value is -0.780. The van der Waals surface area contributed by atoms with Crippen LogP contribution in [0.15, 0.2) is 18.2 Å². The fraction of sp³-hybridized carbons (Fsp3) is 0.684. The highest BCUT2D eigenvalue weighted by molar-refractivity contribution is 5.40. The first-order valence-electron chi connectivity index (χ1n) is 7.54. The lowest BCUT2D eigenvalue weighted by Gasteiger charge is -2.31. The van der Waals surface area contributed by atoms with Crippen LogP contribution in [-0.4, -0.2) is 0 Å². The van der Waals surface area contributed by atoms with Crippen LogP contribution in [0.25, 0.3) is 0 Å². The maximum atomic E-state index is 2.42. The van der Waals surface area contributed by atoms with Crippen LogP contribution < -0.4 is 0 Å². The molecule has 0 saturated heterocycles. The van der Waals surface area contributed by atoms with E-state index in [0.717, 1.165) is 0 Å². The van der Waals surface area contributed by atoms with Gasteiger partial charge in [-0.3, -0.25) is 0 Å². The lowest BCUT2D eigenvalue weighted by molar-refractivity contribution is 0.497. The van der Waals surface area contributed by atoms with Crippen molar-refractivity contribution in [1.29, 1.82) is 0 Å². The Bertz CT molecular complexity index is 404. The highest BCUT2D eigenvalue weighted by Gasteiger charge is 2.25. The van der Waals surface area contributed by atoms with E-state index in [1.807, 2.05) is 0 Å². The molecular formula is C19H32. The summed E-state index contributed by atoms with van der Waals surface area (Å²) in [6.07, 6.45) is 1.17. The third-order valence-electron chi connectivity index (χ3n) is 4.33. The molecule has 0 amide bonds. The molecule has 0 spiro atoms. The van der Waals surface area contributed by atoms with Crippen LogP contribution in [-0.2, 0) is 16.2 Å². The van der Waals surface area contributed by atoms with Crippen molar-refractivity contribution in [3.8, 4) is 0 Å². The van der Waals surface area contributed by atoms with Crippen LogP contribution in [0.2, 0.25) is 0 Å². The van der Waals surface area contributed by atoms with Crippen molar-refractivity contribution in [2.75, 3.05) is 0 Å². The van der Waals surface area contributed by atoms with Crippen LogP contribution in [0.3, 0.4) is 0 Å². The summed E-state index contributed by atoms with van der Waals surface area (Å²) in [5.74, 6) is 0. The lowest BCUT2D eigenvalue weighted by atomic mass is 9.74. The Kier molecular flexibility index (Phi) is 4.25. The van der Waals surface area contributed by atoms with Crippen molar-refractivity contribution in [1.82, 2.24) is 0 Å². The van der Waals surface area contributed by atoms with Gasteiger partial charge in [-0.15, -0.1) is 0 Å². The zero-order valence-electron chi connectivity index (χ0n) is 14.4. The van der Waals surface area contributed by atoms with Crippen molar-refractivity contribution in [2.45, 2.75) is 85.0 Å². The Labute approximate surface area is 120 Å². The van der Waals surface area contributed by atoms with E-state index in [4.69, 9.17) is 0 Å². The predicted octanol–water partition coefficient (Wildman–Crippen LogP) is 5.97. The lowest BCUT2D eigenvalue weighted by Crippen LogP contribution is -2.22. The molecule has 0 unspecified atom stereocenters. The van der Waals surface area contributed by atoms with Gasteiger partial charge in [0.15, 0.2) is 0 Å². The van der Waals surface area contributed by atoms with E-state index in [0.29, 0.717) is 0 Å². The van der Waals surface area contributed by atoms with Crippen LogP contribution in [0.5, 0.6) is 0 Å². The average molecular weight is 260 g/mol. The summed E-state index contributed by atoms with van der Waals surface area (Å²) in [7, 11) is 0. The summed E-state index contributed by atoms with van der Waals surface area (Å²) in [5.41, 5.74) is 5.06. The van der Waals surface area contributed by atoms with Gasteiger partial charge < -0.3 is 0 Å². The minimum atomic E-state index is 0.208. The third-order valence-corrected chi connectivity index (χ3v) is 4.33. The topological polar surface area (TPSA) is 0 Å². The van der Waals surface area contributed by atoms with Crippen molar-refractivity contribution < 1.29 is 0 Å². The van der Waals surface area contributed by atoms with Crippen LogP contribution in [0, 0.1) is 0 Å². The Morgan fingerprint density at radius 1 is 0.632 bits per heavy atom. The molecule has 1 aromatic carbocycles. The maximum absolute atomic E-state index is 2.42. The summed E-state index contributed by atoms with van der Waals surface area (Å²) in [6, 6.07) is 7.23. The smallest absolute Gasteiger partial charge is 0.0106 e. The van der Waals surface area contributed by atoms with E-state index in [2.05, 4.69) is 80.5 Å². The molecule has 0 heteroatoms. The van der Waals surface area contributed by atoms with E-state index in [1.165, 1.54) is 23.1 Å². The first-order valence-corrected chi connectivity index (χ1v) is 7.54. The van der Waals surface area contributed by atoms with Gasteiger partial charge in [-0.1, -0.05) is 80.5 Å². The zero-order chi connectivity index (χ0) is 15.1. The molecule has 0 aromatic heterocycles. The maximum Gasteiger partial charge on any atom is -0.0106 e. The molecule has 0 nitrogen and oxygen atoms in total. The number of hydrogen-bond acceptors (Lipinski definition) is 0. The first kappa shape index (κ1) is 16.3. The summed E-state index contributed by atoms with van der Waals surface area (Å²) in [5, 5.41) is 0. The molecule has 0 atom stereocenters. The molecular weight excluding hydrogens is 228 g/mol. The standard InChI is InChI=1S/C19H32/c1-10-19(8,9)16-12-14(17(2,3)4)11-15(13-16)18(5,6)7/h11-13H,10H2,1-9H3. The third kappa shape index (κ3) is 3.84. The van der Waals surface area contributed by atoms with Crippen molar-refractivity contribution in [2.24, 2.45) is 0 Å². The molecule has 108 valence electrons. The Morgan fingerprint density at radius 3 is 1.21 bits per heavy atom. The second kappa shape index (κ2) is 4.96. The van der Waals surface area contributed by atoms with Gasteiger partial charge in [0.05, 0.1) is 0 Å². The molecule has 0 saturated carbocycles. The molecule has 0 aliphatic heterocycles. The van der Waals surface area contributed by atoms with Gasteiger partial charge in [-0.25, -0.2) is 0 Å². The van der Waals surface area contributed by atoms with Gasteiger partial charge in [0, 0.05) is 0 Å². The van der Waals surface area contributed by atoms with Crippen LogP contribution in [0.4, 0.5) is 0 Å². The van der Waals surface area contributed by atoms with Gasteiger partial charge in [0.2, 0.25) is 0 Å². The average Bonchev–Trinajstić information content (AvgIpc) is 2.26. The molecule has 0 aliphatic carbocycles. The van der Waals surface area contributed by atoms with Gasteiger partial charge in [-0.2, -0.15) is 0 Å². The van der Waals surface area contributed by atoms with Crippen molar-refractivity contribution in [3.05, 3.63) is 34.9 Å². The molecule has 0 bridgehead atoms. The second-order valence-corrected chi connectivity index (χ2v) is 8.54. The van der Waals surface area contributed by atoms with E-state index < -0.39 is 0 Å². The monoisotopic (exact) mass is 260 g/mol. The predicted molar refractivity (Wildman–Crippen MR) is 87.2 cm³/mol. The van der Waals surface area contributed by atoms with Crippen molar-refractivity contribution in [3.63, 3.8) is 0 Å². The number of benzene rings is 1. The second-order valence-electron chi connectivity index (χ2n) is 8.54. The minimum absolute atomic E-state index is 0.208. The van der Waals surface area contributed by atoms with Gasteiger partial charge >= 0.3 is 0 Å². The zero-order valence-corrected chi connectivity index (χ0v) is 14.4. The summed E-state index contributed by atoms with van der Waals surface area (Å²) < 4.78 is 0. The van der Waals surface area contributed by atoms with Gasteiger partial charge in [0.1, 0.15) is 0 Å². The highest BCUT2D eigenvalue weighted by atomic mass is 14.3. The number of hydrogen-bond donors (Lipinski definition) is 0. The molecule has 0 radical (unpaired) electrons. The summed E-state index contributed by atoms with van der Waals surface area (Å²) in [6.45, 7) is 20.8. The Morgan fingerprint density at radius 2 is 0.947 bits per heavy atom. The Balaban J connectivity index is 3.51. The molecule has 1 rings (SSSR count). The van der Waals surface area contributed by atoms with Crippen molar-refractivity contribution >= 4 is 0 Å². The highest BCUT2D eigenvalue weighted by Crippen LogP contribution is 2.35. The van der Waals surface area contributed by atoms with E-state index in [-0.39, 0.29) is 16.2 Å². The first-order chi connectivity index (χ1) is 8.38. The fourth-order valence-corrected chi connectivity index (χ4v) is 2.09.